The van der Waals surface area contributed by atoms with Crippen LogP contribution in [0, 0.1) is 11.8 Å². The number of benzene rings is 1. The van der Waals surface area contributed by atoms with Gasteiger partial charge in [-0.2, -0.15) is 5.10 Å². The first-order valence-corrected chi connectivity index (χ1v) is 12.3. The summed E-state index contributed by atoms with van der Waals surface area (Å²) in [5.74, 6) is 2.62. The highest BCUT2D eigenvalue weighted by atomic mass is 16.1. The van der Waals surface area contributed by atoms with Gasteiger partial charge in [0.05, 0.1) is 6.20 Å². The summed E-state index contributed by atoms with van der Waals surface area (Å²) in [6.07, 6.45) is 11.2. The number of hydrogen-bond acceptors (Lipinski definition) is 3. The number of likely N-dealkylation sites (tertiary alicyclic amines) is 1. The fraction of sp³-hybridized carbons (Fsp3) is 0.630. The Morgan fingerprint density at radius 1 is 1.03 bits per heavy atom. The van der Waals surface area contributed by atoms with Crippen LogP contribution in [0.5, 0.6) is 0 Å². The minimum atomic E-state index is 0.309. The van der Waals surface area contributed by atoms with Crippen LogP contribution >= 0.6 is 0 Å². The van der Waals surface area contributed by atoms with E-state index >= 15 is 0 Å². The summed E-state index contributed by atoms with van der Waals surface area (Å²) in [4.78, 5) is 14.2. The minimum Gasteiger partial charge on any atom is -0.300 e. The van der Waals surface area contributed by atoms with Crippen LogP contribution in [-0.4, -0.2) is 33.6 Å². The third-order valence-electron chi connectivity index (χ3n) is 7.63. The Morgan fingerprint density at radius 2 is 1.71 bits per heavy atom. The normalized spacial score (nSPS) is 23.4. The van der Waals surface area contributed by atoms with Crippen molar-refractivity contribution in [3.8, 4) is 0 Å². The van der Waals surface area contributed by atoms with Gasteiger partial charge in [0.15, 0.2) is 0 Å². The monoisotopic (exact) mass is 421 g/mol. The zero-order valence-corrected chi connectivity index (χ0v) is 19.6. The van der Waals surface area contributed by atoms with Crippen molar-refractivity contribution >= 4 is 5.78 Å². The molecular weight excluding hydrogens is 382 g/mol. The average molecular weight is 422 g/mol. The molecule has 0 atom stereocenters. The number of hydrogen-bond donors (Lipinski definition) is 0. The van der Waals surface area contributed by atoms with Crippen molar-refractivity contribution in [1.82, 2.24) is 14.7 Å². The van der Waals surface area contributed by atoms with E-state index in [1.807, 2.05) is 6.20 Å². The minimum absolute atomic E-state index is 0.309. The van der Waals surface area contributed by atoms with Gasteiger partial charge in [-0.1, -0.05) is 38.1 Å². The van der Waals surface area contributed by atoms with Crippen molar-refractivity contribution in [3.63, 3.8) is 0 Å². The molecule has 1 aromatic heterocycles. The summed E-state index contributed by atoms with van der Waals surface area (Å²) in [7, 11) is 0. The van der Waals surface area contributed by atoms with Gasteiger partial charge < -0.3 is 0 Å². The van der Waals surface area contributed by atoms with E-state index in [9.17, 15) is 4.79 Å². The van der Waals surface area contributed by atoms with E-state index in [1.54, 1.807) is 6.92 Å². The lowest BCUT2D eigenvalue weighted by molar-refractivity contribution is -0.121. The highest BCUT2D eigenvalue weighted by molar-refractivity contribution is 5.78. The van der Waals surface area contributed by atoms with E-state index in [2.05, 4.69) is 59.0 Å². The van der Waals surface area contributed by atoms with Crippen molar-refractivity contribution < 1.29 is 4.79 Å². The van der Waals surface area contributed by atoms with Gasteiger partial charge in [0, 0.05) is 25.2 Å². The van der Waals surface area contributed by atoms with Crippen LogP contribution in [0.4, 0.5) is 0 Å². The first-order chi connectivity index (χ1) is 15.0. The summed E-state index contributed by atoms with van der Waals surface area (Å²) in [6, 6.07) is 9.33. The molecule has 4 nitrogen and oxygen atoms in total. The van der Waals surface area contributed by atoms with E-state index in [1.165, 1.54) is 42.6 Å². The number of rotatable bonds is 7. The van der Waals surface area contributed by atoms with Crippen LogP contribution in [0.1, 0.15) is 87.8 Å². The van der Waals surface area contributed by atoms with Crippen LogP contribution in [0.3, 0.4) is 0 Å². The Bertz CT molecular complexity index is 838. The first kappa shape index (κ1) is 22.3. The molecule has 2 aromatic rings. The van der Waals surface area contributed by atoms with Crippen molar-refractivity contribution in [2.45, 2.75) is 84.2 Å². The maximum atomic E-state index is 11.6. The summed E-state index contributed by atoms with van der Waals surface area (Å²) < 4.78 is 2.15. The lowest BCUT2D eigenvalue weighted by atomic mass is 9.77. The fourth-order valence-corrected chi connectivity index (χ4v) is 5.36. The Kier molecular flexibility index (Phi) is 7.27. The largest absolute Gasteiger partial charge is 0.300 e. The van der Waals surface area contributed by atoms with Crippen LogP contribution in [0.25, 0.3) is 0 Å². The molecule has 31 heavy (non-hydrogen) atoms. The molecule has 0 radical (unpaired) electrons. The molecule has 1 aliphatic heterocycles. The van der Waals surface area contributed by atoms with Gasteiger partial charge in [-0.15, -0.1) is 0 Å². The molecule has 0 N–H and O–H groups in total. The van der Waals surface area contributed by atoms with Gasteiger partial charge in [-0.25, -0.2) is 0 Å². The molecule has 2 aliphatic rings. The van der Waals surface area contributed by atoms with Gasteiger partial charge >= 0.3 is 0 Å². The molecule has 0 bridgehead atoms. The molecule has 0 spiro atoms. The Morgan fingerprint density at radius 3 is 2.29 bits per heavy atom. The van der Waals surface area contributed by atoms with Crippen LogP contribution in [-0.2, 0) is 17.9 Å². The molecule has 0 amide bonds. The van der Waals surface area contributed by atoms with E-state index in [-0.39, 0.29) is 0 Å². The van der Waals surface area contributed by atoms with Gasteiger partial charge in [-0.3, -0.25) is 14.4 Å². The summed E-state index contributed by atoms with van der Waals surface area (Å²) in [6.45, 7) is 10.7. The molecule has 2 fully saturated rings. The molecule has 1 saturated carbocycles. The van der Waals surface area contributed by atoms with Crippen LogP contribution in [0.2, 0.25) is 0 Å². The molecule has 168 valence electrons. The maximum absolute atomic E-state index is 11.6. The summed E-state index contributed by atoms with van der Waals surface area (Å²) >= 11 is 0. The maximum Gasteiger partial charge on any atom is 0.132 e. The first-order valence-electron chi connectivity index (χ1n) is 12.3. The Hall–Kier alpha value is -1.94. The molecule has 2 heterocycles. The molecule has 1 aromatic carbocycles. The topological polar surface area (TPSA) is 38.1 Å². The molecule has 1 saturated heterocycles. The third kappa shape index (κ3) is 5.85. The Balaban J connectivity index is 1.22. The smallest absolute Gasteiger partial charge is 0.132 e. The number of carbonyl (C=O) groups is 1. The number of Topliss-reactive ketones (excluding diaryl/α,β-unsaturated/α-hetero) is 1. The van der Waals surface area contributed by atoms with E-state index in [0.29, 0.717) is 23.5 Å². The zero-order chi connectivity index (χ0) is 21.8. The second kappa shape index (κ2) is 10.1. The molecular formula is C27H39N3O. The highest BCUT2D eigenvalue weighted by Gasteiger charge is 2.25. The van der Waals surface area contributed by atoms with Crippen molar-refractivity contribution in [2.75, 3.05) is 13.1 Å². The second-order valence-corrected chi connectivity index (χ2v) is 10.3. The lowest BCUT2D eigenvalue weighted by Gasteiger charge is -2.32. The standard InChI is InChI=1S/C27H39N3O/c1-20(2)27-16-28-30(19-27)18-23-12-14-29(15-13-23)17-22-4-6-25(7-5-22)26-10-8-24(9-11-26)21(3)31/h4-7,16,19-20,23-24,26H,8-15,17-18H2,1-3H3/t24-,26+. The molecule has 4 heteroatoms. The van der Waals surface area contributed by atoms with Gasteiger partial charge in [0.1, 0.15) is 5.78 Å². The number of nitrogens with zero attached hydrogens (tertiary/aromatic N) is 3. The number of carbonyl (C=O) groups excluding carboxylic acids is 1. The van der Waals surface area contributed by atoms with E-state index in [0.717, 1.165) is 44.7 Å². The average Bonchev–Trinajstić information content (AvgIpc) is 3.25. The molecule has 1 aliphatic carbocycles. The van der Waals surface area contributed by atoms with Crippen molar-refractivity contribution in [2.24, 2.45) is 11.8 Å². The van der Waals surface area contributed by atoms with Crippen LogP contribution in [0.15, 0.2) is 36.7 Å². The predicted molar refractivity (Wildman–Crippen MR) is 126 cm³/mol. The van der Waals surface area contributed by atoms with Gasteiger partial charge in [-0.05, 0) is 93.0 Å². The SMILES string of the molecule is CC(=O)[C@H]1CC[C@@H](c2ccc(CN3CCC(Cn4cc(C(C)C)cn4)CC3)cc2)CC1. The molecule has 0 unspecified atom stereocenters. The Labute approximate surface area is 188 Å². The van der Waals surface area contributed by atoms with E-state index in [4.69, 9.17) is 0 Å². The predicted octanol–water partition coefficient (Wildman–Crippen LogP) is 5.78. The van der Waals surface area contributed by atoms with Crippen molar-refractivity contribution in [3.05, 3.63) is 53.3 Å². The van der Waals surface area contributed by atoms with Crippen LogP contribution < -0.4 is 0 Å². The number of aromatic nitrogens is 2. The number of ketones is 1. The van der Waals surface area contributed by atoms with Crippen molar-refractivity contribution in [1.29, 1.82) is 0 Å². The third-order valence-corrected chi connectivity index (χ3v) is 7.63. The summed E-state index contributed by atoms with van der Waals surface area (Å²) in [5.41, 5.74) is 4.23. The fourth-order valence-electron chi connectivity index (χ4n) is 5.36. The summed E-state index contributed by atoms with van der Waals surface area (Å²) in [5, 5.41) is 4.56. The second-order valence-electron chi connectivity index (χ2n) is 10.3. The molecule has 4 rings (SSSR count). The van der Waals surface area contributed by atoms with Gasteiger partial charge in [0.25, 0.3) is 0 Å². The quantitative estimate of drug-likeness (QED) is 0.569. The number of piperidine rings is 1. The van der Waals surface area contributed by atoms with Gasteiger partial charge in [0.2, 0.25) is 0 Å². The lowest BCUT2D eigenvalue weighted by Crippen LogP contribution is -2.34. The van der Waals surface area contributed by atoms with E-state index < -0.39 is 0 Å². The zero-order valence-electron chi connectivity index (χ0n) is 19.6. The highest BCUT2D eigenvalue weighted by Crippen LogP contribution is 2.36.